The van der Waals surface area contributed by atoms with Crippen LogP contribution >= 0.6 is 0 Å². The van der Waals surface area contributed by atoms with Gasteiger partial charge in [0, 0.05) is 41.4 Å². The molecule has 1 saturated heterocycles. The van der Waals surface area contributed by atoms with Crippen LogP contribution in [0.4, 0.5) is 8.78 Å². The molecule has 35 heavy (non-hydrogen) atoms. The average molecular weight is 475 g/mol. The molecule has 2 bridgehead atoms. The van der Waals surface area contributed by atoms with Crippen molar-refractivity contribution in [2.75, 3.05) is 7.11 Å². The first-order valence-corrected chi connectivity index (χ1v) is 11.7. The second-order valence-corrected chi connectivity index (χ2v) is 9.24. The molecule has 0 radical (unpaired) electrons. The van der Waals surface area contributed by atoms with E-state index in [0.717, 1.165) is 47.1 Å². The quantitative estimate of drug-likeness (QED) is 0.409. The summed E-state index contributed by atoms with van der Waals surface area (Å²) in [6, 6.07) is 12.0. The SMILES string of the molecule is COc1cc(-c2c3c(nn2C)C2CCCC(C3)N2C(=O)c2ccc3ncccc3c2)cc(F)c1F. The van der Waals surface area contributed by atoms with Gasteiger partial charge in [0.1, 0.15) is 0 Å². The molecular formula is C27H24F2N4O2. The molecule has 4 heterocycles. The van der Waals surface area contributed by atoms with Crippen LogP contribution < -0.4 is 4.74 Å². The summed E-state index contributed by atoms with van der Waals surface area (Å²) in [5.74, 6) is -2.13. The molecule has 6 rings (SSSR count). The van der Waals surface area contributed by atoms with Crippen LogP contribution in [-0.2, 0) is 13.5 Å². The number of carbonyl (C=O) groups is 1. The largest absolute Gasteiger partial charge is 0.494 e. The van der Waals surface area contributed by atoms with E-state index in [1.54, 1.807) is 17.9 Å². The van der Waals surface area contributed by atoms with E-state index in [1.807, 2.05) is 35.2 Å². The number of fused-ring (bicyclic) bond motifs is 5. The van der Waals surface area contributed by atoms with E-state index < -0.39 is 11.6 Å². The summed E-state index contributed by atoms with van der Waals surface area (Å²) in [4.78, 5) is 20.1. The molecule has 178 valence electrons. The number of halogens is 2. The van der Waals surface area contributed by atoms with E-state index >= 15 is 0 Å². The Balaban J connectivity index is 1.42. The van der Waals surface area contributed by atoms with Crippen molar-refractivity contribution in [1.82, 2.24) is 19.7 Å². The maximum absolute atomic E-state index is 14.3. The van der Waals surface area contributed by atoms with Crippen molar-refractivity contribution in [2.24, 2.45) is 7.05 Å². The number of nitrogens with zero attached hydrogens (tertiary/aromatic N) is 4. The molecular weight excluding hydrogens is 450 g/mol. The molecule has 0 saturated carbocycles. The highest BCUT2D eigenvalue weighted by molar-refractivity contribution is 5.98. The van der Waals surface area contributed by atoms with Crippen molar-refractivity contribution >= 4 is 16.8 Å². The summed E-state index contributed by atoms with van der Waals surface area (Å²) in [7, 11) is 3.12. The normalized spacial score (nSPS) is 19.0. The number of piperidine rings is 1. The highest BCUT2D eigenvalue weighted by Gasteiger charge is 2.43. The van der Waals surface area contributed by atoms with Gasteiger partial charge in [-0.1, -0.05) is 6.07 Å². The highest BCUT2D eigenvalue weighted by Crippen LogP contribution is 2.45. The van der Waals surface area contributed by atoms with Gasteiger partial charge in [0.2, 0.25) is 5.82 Å². The predicted molar refractivity (Wildman–Crippen MR) is 127 cm³/mol. The summed E-state index contributed by atoms with van der Waals surface area (Å²) in [5.41, 5.74) is 4.55. The number of aryl methyl sites for hydroxylation is 1. The van der Waals surface area contributed by atoms with Gasteiger partial charge in [-0.2, -0.15) is 9.49 Å². The van der Waals surface area contributed by atoms with E-state index in [4.69, 9.17) is 9.84 Å². The Hall–Kier alpha value is -3.81. The molecule has 2 aliphatic heterocycles. The number of benzene rings is 2. The topological polar surface area (TPSA) is 60.2 Å². The van der Waals surface area contributed by atoms with Crippen LogP contribution in [0.3, 0.4) is 0 Å². The van der Waals surface area contributed by atoms with Gasteiger partial charge in [-0.05, 0) is 62.1 Å². The summed E-state index contributed by atoms with van der Waals surface area (Å²) < 4.78 is 35.2. The fourth-order valence-corrected chi connectivity index (χ4v) is 5.72. The molecule has 2 unspecified atom stereocenters. The molecule has 4 aromatic rings. The highest BCUT2D eigenvalue weighted by atomic mass is 19.2. The summed E-state index contributed by atoms with van der Waals surface area (Å²) in [6.07, 6.45) is 5.04. The Bertz CT molecular complexity index is 1480. The Labute approximate surface area is 201 Å². The second kappa shape index (κ2) is 8.15. The van der Waals surface area contributed by atoms with Gasteiger partial charge < -0.3 is 9.64 Å². The minimum absolute atomic E-state index is 0.00786. The maximum Gasteiger partial charge on any atom is 0.254 e. The van der Waals surface area contributed by atoms with Crippen molar-refractivity contribution in [3.8, 4) is 17.0 Å². The summed E-state index contributed by atoms with van der Waals surface area (Å²) in [5, 5.41) is 5.71. The van der Waals surface area contributed by atoms with Crippen molar-refractivity contribution in [2.45, 2.75) is 37.8 Å². The third-order valence-electron chi connectivity index (χ3n) is 7.25. The lowest BCUT2D eigenvalue weighted by molar-refractivity contribution is 0.0392. The zero-order chi connectivity index (χ0) is 24.3. The number of amides is 1. The Morgan fingerprint density at radius 1 is 1.14 bits per heavy atom. The predicted octanol–water partition coefficient (Wildman–Crippen LogP) is 5.21. The van der Waals surface area contributed by atoms with Crippen LogP contribution in [0, 0.1) is 11.6 Å². The molecule has 2 aromatic carbocycles. The van der Waals surface area contributed by atoms with E-state index in [9.17, 15) is 13.6 Å². The molecule has 1 fully saturated rings. The van der Waals surface area contributed by atoms with Crippen LogP contribution in [0.2, 0.25) is 0 Å². The molecule has 6 nitrogen and oxygen atoms in total. The first-order valence-electron chi connectivity index (χ1n) is 11.7. The fraction of sp³-hybridized carbons (Fsp3) is 0.296. The summed E-state index contributed by atoms with van der Waals surface area (Å²) in [6.45, 7) is 0. The first-order chi connectivity index (χ1) is 17.0. The minimum Gasteiger partial charge on any atom is -0.494 e. The Morgan fingerprint density at radius 2 is 2.00 bits per heavy atom. The van der Waals surface area contributed by atoms with E-state index in [1.165, 1.54) is 19.2 Å². The van der Waals surface area contributed by atoms with Crippen molar-refractivity contribution in [3.63, 3.8) is 0 Å². The molecule has 2 aliphatic rings. The van der Waals surface area contributed by atoms with Crippen LogP contribution in [0.15, 0.2) is 48.7 Å². The maximum atomic E-state index is 14.3. The van der Waals surface area contributed by atoms with Gasteiger partial charge >= 0.3 is 0 Å². The fourth-order valence-electron chi connectivity index (χ4n) is 5.72. The lowest BCUT2D eigenvalue weighted by Crippen LogP contribution is -2.49. The zero-order valence-electron chi connectivity index (χ0n) is 19.5. The lowest BCUT2D eigenvalue weighted by Gasteiger charge is -2.45. The number of hydrogen-bond acceptors (Lipinski definition) is 4. The number of hydrogen-bond donors (Lipinski definition) is 0. The Morgan fingerprint density at radius 3 is 2.83 bits per heavy atom. The molecule has 0 N–H and O–H groups in total. The molecule has 0 aliphatic carbocycles. The van der Waals surface area contributed by atoms with Gasteiger partial charge in [0.25, 0.3) is 5.91 Å². The average Bonchev–Trinajstić information content (AvgIpc) is 3.20. The number of rotatable bonds is 3. The van der Waals surface area contributed by atoms with Crippen molar-refractivity contribution < 1.29 is 18.3 Å². The molecule has 2 aromatic heterocycles. The first kappa shape index (κ1) is 21.7. The monoisotopic (exact) mass is 474 g/mol. The zero-order valence-corrected chi connectivity index (χ0v) is 19.5. The lowest BCUT2D eigenvalue weighted by atomic mass is 9.81. The van der Waals surface area contributed by atoms with Crippen LogP contribution in [0.5, 0.6) is 5.75 Å². The number of carbonyl (C=O) groups excluding carboxylic acids is 1. The number of pyridine rings is 1. The van der Waals surface area contributed by atoms with Crippen molar-refractivity contribution in [3.05, 3.63) is 77.1 Å². The molecule has 1 amide bonds. The van der Waals surface area contributed by atoms with Gasteiger partial charge in [0.05, 0.1) is 30.1 Å². The van der Waals surface area contributed by atoms with Crippen LogP contribution in [0.25, 0.3) is 22.2 Å². The molecule has 0 spiro atoms. The van der Waals surface area contributed by atoms with E-state index in [0.29, 0.717) is 17.5 Å². The molecule has 2 atom stereocenters. The van der Waals surface area contributed by atoms with Gasteiger partial charge in [-0.3, -0.25) is 14.5 Å². The van der Waals surface area contributed by atoms with Crippen molar-refractivity contribution in [1.29, 1.82) is 0 Å². The van der Waals surface area contributed by atoms with Gasteiger partial charge in [-0.15, -0.1) is 0 Å². The number of ether oxygens (including phenoxy) is 1. The second-order valence-electron chi connectivity index (χ2n) is 9.24. The van der Waals surface area contributed by atoms with Crippen LogP contribution in [-0.4, -0.2) is 38.7 Å². The van der Waals surface area contributed by atoms with Gasteiger partial charge in [0.15, 0.2) is 11.6 Å². The van der Waals surface area contributed by atoms with Crippen LogP contribution in [0.1, 0.15) is 46.9 Å². The number of methoxy groups -OCH3 is 1. The van der Waals surface area contributed by atoms with Gasteiger partial charge in [-0.25, -0.2) is 4.39 Å². The summed E-state index contributed by atoms with van der Waals surface area (Å²) >= 11 is 0. The van der Waals surface area contributed by atoms with E-state index in [-0.39, 0.29) is 23.7 Å². The standard InChI is InChI=1S/C27H24F2N4O2/c1-32-26(17-12-20(28)24(29)23(13-17)35-2)19-14-18-6-3-7-22(25(19)31-32)33(18)27(34)16-8-9-21-15(11-16)5-4-10-30-21/h4-5,8-13,18,22H,3,6-7,14H2,1-2H3. The van der Waals surface area contributed by atoms with E-state index in [2.05, 4.69) is 4.98 Å². The number of aromatic nitrogens is 3. The third-order valence-corrected chi connectivity index (χ3v) is 7.25. The smallest absolute Gasteiger partial charge is 0.254 e. The third kappa shape index (κ3) is 3.38. The Kier molecular flexibility index (Phi) is 5.05. The minimum atomic E-state index is -1.01. The molecule has 8 heteroatoms.